The summed E-state index contributed by atoms with van der Waals surface area (Å²) in [5, 5.41) is 10.2. The zero-order valence-electron chi connectivity index (χ0n) is 11.7. The van der Waals surface area contributed by atoms with Crippen LogP contribution in [0.3, 0.4) is 0 Å². The Morgan fingerprint density at radius 1 is 1.25 bits per heavy atom. The van der Waals surface area contributed by atoms with Crippen molar-refractivity contribution >= 4 is 17.6 Å². The van der Waals surface area contributed by atoms with E-state index in [4.69, 9.17) is 11.1 Å². The van der Waals surface area contributed by atoms with Crippen molar-refractivity contribution in [2.75, 3.05) is 38.0 Å². The van der Waals surface area contributed by atoms with E-state index in [1.807, 2.05) is 31.2 Å². The largest absolute Gasteiger partial charge is 0.387 e. The van der Waals surface area contributed by atoms with Crippen molar-refractivity contribution in [3.63, 3.8) is 0 Å². The smallest absolute Gasteiger partial charge is 0.321 e. The highest BCUT2D eigenvalue weighted by molar-refractivity contribution is 5.89. The van der Waals surface area contributed by atoms with Gasteiger partial charge in [0.25, 0.3) is 0 Å². The molecular weight excluding hydrogens is 254 g/mol. The molecule has 1 heterocycles. The number of nitrogens with one attached hydrogen (secondary N) is 2. The predicted octanol–water partition coefficient (Wildman–Crippen LogP) is 1.08. The van der Waals surface area contributed by atoms with Gasteiger partial charge in [-0.1, -0.05) is 17.7 Å². The number of carbonyl (C=O) groups excluding carboxylic acids is 1. The molecule has 6 heteroatoms. The van der Waals surface area contributed by atoms with Gasteiger partial charge in [0.1, 0.15) is 5.84 Å². The minimum absolute atomic E-state index is 0.0728. The van der Waals surface area contributed by atoms with Crippen LogP contribution in [0.1, 0.15) is 5.56 Å². The van der Waals surface area contributed by atoms with Crippen LogP contribution < -0.4 is 11.1 Å². The van der Waals surface area contributed by atoms with E-state index in [-0.39, 0.29) is 11.9 Å². The van der Waals surface area contributed by atoms with Gasteiger partial charge < -0.3 is 16.0 Å². The Balaban J connectivity index is 1.82. The third-order valence-corrected chi connectivity index (χ3v) is 3.36. The van der Waals surface area contributed by atoms with E-state index in [1.165, 1.54) is 5.56 Å². The van der Waals surface area contributed by atoms with Crippen molar-refractivity contribution in [1.29, 1.82) is 5.41 Å². The van der Waals surface area contributed by atoms with Crippen LogP contribution in [0.2, 0.25) is 0 Å². The standard InChI is InChI=1S/C14H21N5O/c1-11-2-4-12(5-3-11)17-14(20)19-8-6-18(7-9-19)10-13(15)16/h2-5H,6-10H2,1H3,(H3,15,16)(H,17,20). The first-order valence-corrected chi connectivity index (χ1v) is 6.72. The quantitative estimate of drug-likeness (QED) is 0.570. The summed E-state index contributed by atoms with van der Waals surface area (Å²) in [6, 6.07) is 7.68. The fraction of sp³-hybridized carbons (Fsp3) is 0.429. The Morgan fingerprint density at radius 2 is 1.85 bits per heavy atom. The van der Waals surface area contributed by atoms with Gasteiger partial charge in [-0.25, -0.2) is 4.79 Å². The van der Waals surface area contributed by atoms with Gasteiger partial charge in [-0.05, 0) is 19.1 Å². The first kappa shape index (κ1) is 14.3. The van der Waals surface area contributed by atoms with Crippen molar-refractivity contribution in [3.8, 4) is 0 Å². The molecule has 108 valence electrons. The van der Waals surface area contributed by atoms with E-state index < -0.39 is 0 Å². The zero-order chi connectivity index (χ0) is 14.5. The average molecular weight is 275 g/mol. The molecule has 0 radical (unpaired) electrons. The first-order chi connectivity index (χ1) is 9.54. The average Bonchev–Trinajstić information content (AvgIpc) is 2.41. The number of urea groups is 1. The van der Waals surface area contributed by atoms with E-state index in [2.05, 4.69) is 10.2 Å². The minimum atomic E-state index is -0.0728. The van der Waals surface area contributed by atoms with Gasteiger partial charge in [0.2, 0.25) is 0 Å². The SMILES string of the molecule is Cc1ccc(NC(=O)N2CCN(CC(=N)N)CC2)cc1. The molecule has 0 saturated carbocycles. The van der Waals surface area contributed by atoms with Crippen molar-refractivity contribution in [3.05, 3.63) is 29.8 Å². The number of piperazine rings is 1. The van der Waals surface area contributed by atoms with E-state index in [9.17, 15) is 4.79 Å². The highest BCUT2D eigenvalue weighted by Crippen LogP contribution is 2.10. The van der Waals surface area contributed by atoms with E-state index in [0.717, 1.165) is 18.8 Å². The van der Waals surface area contributed by atoms with Gasteiger partial charge in [-0.3, -0.25) is 10.3 Å². The van der Waals surface area contributed by atoms with Crippen LogP contribution in [0, 0.1) is 12.3 Å². The number of nitrogens with zero attached hydrogens (tertiary/aromatic N) is 2. The third kappa shape index (κ3) is 3.96. The lowest BCUT2D eigenvalue weighted by molar-refractivity contribution is 0.158. The molecule has 4 N–H and O–H groups in total. The molecule has 1 fully saturated rings. The van der Waals surface area contributed by atoms with Crippen LogP contribution in [0.25, 0.3) is 0 Å². The molecule has 1 saturated heterocycles. The molecule has 2 amide bonds. The first-order valence-electron chi connectivity index (χ1n) is 6.72. The maximum atomic E-state index is 12.1. The number of aryl methyl sites for hydroxylation is 1. The number of nitrogens with two attached hydrogens (primary N) is 1. The molecule has 1 aliphatic rings. The predicted molar refractivity (Wildman–Crippen MR) is 80.1 cm³/mol. The second kappa shape index (κ2) is 6.38. The highest BCUT2D eigenvalue weighted by Gasteiger charge is 2.21. The number of rotatable bonds is 3. The van der Waals surface area contributed by atoms with Gasteiger partial charge >= 0.3 is 6.03 Å². The van der Waals surface area contributed by atoms with Crippen LogP contribution in [-0.4, -0.2) is 54.4 Å². The second-order valence-corrected chi connectivity index (χ2v) is 5.08. The molecule has 0 atom stereocenters. The number of benzene rings is 1. The van der Waals surface area contributed by atoms with Crippen LogP contribution in [-0.2, 0) is 0 Å². The second-order valence-electron chi connectivity index (χ2n) is 5.08. The summed E-state index contributed by atoms with van der Waals surface area (Å²) in [6.07, 6.45) is 0. The van der Waals surface area contributed by atoms with E-state index >= 15 is 0 Å². The molecule has 1 aliphatic heterocycles. The molecule has 20 heavy (non-hydrogen) atoms. The summed E-state index contributed by atoms with van der Waals surface area (Å²) in [4.78, 5) is 16.0. The fourth-order valence-electron chi connectivity index (χ4n) is 2.19. The lowest BCUT2D eigenvalue weighted by Gasteiger charge is -2.34. The Hall–Kier alpha value is -2.08. The summed E-state index contributed by atoms with van der Waals surface area (Å²) in [5.74, 6) is 0.169. The fourth-order valence-corrected chi connectivity index (χ4v) is 2.19. The molecule has 0 aliphatic carbocycles. The number of anilines is 1. The molecule has 1 aromatic carbocycles. The van der Waals surface area contributed by atoms with Gasteiger partial charge in [-0.2, -0.15) is 0 Å². The summed E-state index contributed by atoms with van der Waals surface area (Å²) < 4.78 is 0. The number of hydrogen-bond acceptors (Lipinski definition) is 3. The van der Waals surface area contributed by atoms with Crippen molar-refractivity contribution < 1.29 is 4.79 Å². The van der Waals surface area contributed by atoms with E-state index in [1.54, 1.807) is 4.90 Å². The molecule has 0 unspecified atom stereocenters. The molecule has 0 spiro atoms. The summed E-state index contributed by atoms with van der Waals surface area (Å²) in [6.45, 7) is 5.31. The Bertz CT molecular complexity index is 477. The number of hydrogen-bond donors (Lipinski definition) is 3. The van der Waals surface area contributed by atoms with Crippen molar-refractivity contribution in [2.45, 2.75) is 6.92 Å². The molecule has 1 aromatic rings. The number of amides is 2. The normalized spacial score (nSPS) is 15.9. The molecular formula is C14H21N5O. The lowest BCUT2D eigenvalue weighted by atomic mass is 10.2. The molecule has 0 bridgehead atoms. The van der Waals surface area contributed by atoms with E-state index in [0.29, 0.717) is 19.6 Å². The van der Waals surface area contributed by atoms with Crippen LogP contribution in [0.5, 0.6) is 0 Å². The Labute approximate surface area is 119 Å². The van der Waals surface area contributed by atoms with Gasteiger partial charge in [-0.15, -0.1) is 0 Å². The summed E-state index contributed by atoms with van der Waals surface area (Å²) in [5.41, 5.74) is 7.36. The monoisotopic (exact) mass is 275 g/mol. The lowest BCUT2D eigenvalue weighted by Crippen LogP contribution is -2.51. The molecule has 0 aromatic heterocycles. The zero-order valence-corrected chi connectivity index (χ0v) is 11.7. The van der Waals surface area contributed by atoms with Crippen LogP contribution >= 0.6 is 0 Å². The number of carbonyl (C=O) groups is 1. The van der Waals surface area contributed by atoms with Crippen molar-refractivity contribution in [2.24, 2.45) is 5.73 Å². The molecule has 2 rings (SSSR count). The van der Waals surface area contributed by atoms with Gasteiger partial charge in [0, 0.05) is 31.9 Å². The van der Waals surface area contributed by atoms with Crippen molar-refractivity contribution in [1.82, 2.24) is 9.80 Å². The maximum Gasteiger partial charge on any atom is 0.321 e. The maximum absolute atomic E-state index is 12.1. The molecule has 6 nitrogen and oxygen atoms in total. The van der Waals surface area contributed by atoms with Crippen LogP contribution in [0.4, 0.5) is 10.5 Å². The minimum Gasteiger partial charge on any atom is -0.387 e. The third-order valence-electron chi connectivity index (χ3n) is 3.36. The summed E-state index contributed by atoms with van der Waals surface area (Å²) >= 11 is 0. The number of amidine groups is 1. The highest BCUT2D eigenvalue weighted by atomic mass is 16.2. The topological polar surface area (TPSA) is 85.5 Å². The van der Waals surface area contributed by atoms with Gasteiger partial charge in [0.05, 0.1) is 6.54 Å². The Morgan fingerprint density at radius 3 is 2.40 bits per heavy atom. The summed E-state index contributed by atoms with van der Waals surface area (Å²) in [7, 11) is 0. The van der Waals surface area contributed by atoms with Crippen LogP contribution in [0.15, 0.2) is 24.3 Å². The van der Waals surface area contributed by atoms with Gasteiger partial charge in [0.15, 0.2) is 0 Å². The Kier molecular flexibility index (Phi) is 4.57.